The fourth-order valence-electron chi connectivity index (χ4n) is 3.53. The standard InChI is InChI=1S/C22H22N6O/c1-12-7-13(2)20(25-3)17(8-12)21(26-4)18(10-23)14-5-6-15-16(9-14)19(11-24)27-28-22(15)29/h5-10H,11,23-24H2,1-2,4H3,(H,28,29)/b18-10-,26-21?. The average molecular weight is 386 g/mol. The number of allylic oxidation sites excluding steroid dienone is 1. The van der Waals surface area contributed by atoms with Crippen molar-refractivity contribution >= 4 is 27.7 Å². The van der Waals surface area contributed by atoms with Crippen LogP contribution in [0.15, 0.2) is 46.3 Å². The second-order valence-electron chi connectivity index (χ2n) is 6.71. The molecule has 0 aliphatic carbocycles. The second kappa shape index (κ2) is 8.09. The molecule has 0 spiro atoms. The van der Waals surface area contributed by atoms with E-state index in [0.717, 1.165) is 22.3 Å². The third-order valence-corrected chi connectivity index (χ3v) is 4.83. The molecule has 0 saturated carbocycles. The number of aromatic amines is 1. The number of aromatic nitrogens is 2. The highest BCUT2D eigenvalue weighted by molar-refractivity contribution is 6.33. The van der Waals surface area contributed by atoms with Crippen LogP contribution in [0.5, 0.6) is 0 Å². The van der Waals surface area contributed by atoms with Crippen LogP contribution >= 0.6 is 0 Å². The highest BCUT2D eigenvalue weighted by Crippen LogP contribution is 2.31. The molecule has 0 bridgehead atoms. The van der Waals surface area contributed by atoms with E-state index in [1.54, 1.807) is 13.1 Å². The maximum atomic E-state index is 12.1. The van der Waals surface area contributed by atoms with Crippen molar-refractivity contribution in [1.29, 1.82) is 0 Å². The highest BCUT2D eigenvalue weighted by atomic mass is 16.1. The Morgan fingerprint density at radius 1 is 1.28 bits per heavy atom. The van der Waals surface area contributed by atoms with Crippen LogP contribution in [0.2, 0.25) is 0 Å². The Morgan fingerprint density at radius 2 is 2.03 bits per heavy atom. The molecule has 3 aromatic rings. The van der Waals surface area contributed by atoms with Gasteiger partial charge in [0.25, 0.3) is 5.56 Å². The number of benzene rings is 2. The number of rotatable bonds is 4. The summed E-state index contributed by atoms with van der Waals surface area (Å²) in [5.74, 6) is 0. The van der Waals surface area contributed by atoms with Crippen LogP contribution in [0.25, 0.3) is 21.2 Å². The van der Waals surface area contributed by atoms with E-state index in [1.165, 1.54) is 6.20 Å². The first-order valence-electron chi connectivity index (χ1n) is 9.05. The number of nitrogens with two attached hydrogens (primary N) is 2. The number of fused-ring (bicyclic) bond motifs is 1. The minimum absolute atomic E-state index is 0.187. The van der Waals surface area contributed by atoms with Crippen LogP contribution in [0.1, 0.15) is 27.9 Å². The Labute approximate surface area is 168 Å². The molecule has 0 atom stereocenters. The Bertz CT molecular complexity index is 1260. The second-order valence-corrected chi connectivity index (χ2v) is 6.71. The summed E-state index contributed by atoms with van der Waals surface area (Å²) in [4.78, 5) is 20.3. The molecule has 2 aromatic carbocycles. The van der Waals surface area contributed by atoms with E-state index >= 15 is 0 Å². The lowest BCUT2D eigenvalue weighted by Gasteiger charge is -2.15. The molecule has 3 rings (SSSR count). The molecule has 0 amide bonds. The van der Waals surface area contributed by atoms with Gasteiger partial charge in [0.15, 0.2) is 5.69 Å². The van der Waals surface area contributed by atoms with Crippen LogP contribution in [0.3, 0.4) is 0 Å². The van der Waals surface area contributed by atoms with Crippen LogP contribution in [-0.4, -0.2) is 23.0 Å². The van der Waals surface area contributed by atoms with Crippen molar-refractivity contribution in [2.75, 3.05) is 7.05 Å². The van der Waals surface area contributed by atoms with Crippen molar-refractivity contribution in [3.8, 4) is 0 Å². The monoisotopic (exact) mass is 386 g/mol. The summed E-state index contributed by atoms with van der Waals surface area (Å²) in [6.07, 6.45) is 1.47. The van der Waals surface area contributed by atoms with Gasteiger partial charge in [-0.3, -0.25) is 9.79 Å². The van der Waals surface area contributed by atoms with Crippen molar-refractivity contribution < 1.29 is 0 Å². The maximum Gasteiger partial charge on any atom is 0.272 e. The molecule has 146 valence electrons. The maximum absolute atomic E-state index is 12.1. The van der Waals surface area contributed by atoms with Crippen molar-refractivity contribution in [1.82, 2.24) is 10.2 Å². The minimum atomic E-state index is -0.281. The Balaban J connectivity index is 2.25. The molecule has 0 radical (unpaired) electrons. The number of aryl methyl sites for hydroxylation is 2. The van der Waals surface area contributed by atoms with Crippen LogP contribution in [0, 0.1) is 20.4 Å². The quantitative estimate of drug-likeness (QED) is 0.472. The molecule has 1 heterocycles. The third-order valence-electron chi connectivity index (χ3n) is 4.83. The summed E-state index contributed by atoms with van der Waals surface area (Å²) in [7, 11) is 1.67. The lowest BCUT2D eigenvalue weighted by Crippen LogP contribution is -2.14. The van der Waals surface area contributed by atoms with Crippen molar-refractivity contribution in [3.63, 3.8) is 0 Å². The predicted molar refractivity (Wildman–Crippen MR) is 117 cm³/mol. The molecule has 5 N–H and O–H groups in total. The van der Waals surface area contributed by atoms with Crippen molar-refractivity contribution in [3.05, 3.63) is 86.3 Å². The van der Waals surface area contributed by atoms with Gasteiger partial charge in [0.2, 0.25) is 0 Å². The summed E-state index contributed by atoms with van der Waals surface area (Å²) in [6.45, 7) is 11.7. The topological polar surface area (TPSA) is 115 Å². The summed E-state index contributed by atoms with van der Waals surface area (Å²) in [5, 5.41) is 7.67. The van der Waals surface area contributed by atoms with Gasteiger partial charge in [-0.15, -0.1) is 0 Å². The molecule has 0 saturated heterocycles. The van der Waals surface area contributed by atoms with Gasteiger partial charge in [-0.25, -0.2) is 9.94 Å². The van der Waals surface area contributed by atoms with E-state index in [1.807, 2.05) is 38.1 Å². The number of hydrogen-bond donors (Lipinski definition) is 3. The molecule has 7 heteroatoms. The zero-order chi connectivity index (χ0) is 21.1. The smallest absolute Gasteiger partial charge is 0.272 e. The van der Waals surface area contributed by atoms with Gasteiger partial charge in [-0.1, -0.05) is 23.8 Å². The van der Waals surface area contributed by atoms with Gasteiger partial charge in [0, 0.05) is 36.3 Å². The van der Waals surface area contributed by atoms with E-state index < -0.39 is 0 Å². The number of hydrogen-bond acceptors (Lipinski definition) is 5. The van der Waals surface area contributed by atoms with Crippen LogP contribution in [0.4, 0.5) is 5.69 Å². The van der Waals surface area contributed by atoms with Crippen molar-refractivity contribution in [2.45, 2.75) is 20.4 Å². The lowest BCUT2D eigenvalue weighted by atomic mass is 9.91. The molecular formula is C22H22N6O. The number of aliphatic imine (C=N–C) groups is 1. The van der Waals surface area contributed by atoms with Gasteiger partial charge < -0.3 is 11.5 Å². The fourth-order valence-corrected chi connectivity index (χ4v) is 3.53. The predicted octanol–water partition coefficient (Wildman–Crippen LogP) is 2.97. The van der Waals surface area contributed by atoms with Gasteiger partial charge in [-0.2, -0.15) is 5.10 Å². The average Bonchev–Trinajstić information content (AvgIpc) is 2.71. The van der Waals surface area contributed by atoms with Crippen LogP contribution in [-0.2, 0) is 6.54 Å². The van der Waals surface area contributed by atoms with Gasteiger partial charge in [-0.05, 0) is 37.1 Å². The fraction of sp³-hybridized carbons (Fsp3) is 0.182. The minimum Gasteiger partial charge on any atom is -0.404 e. The molecule has 0 aliphatic heterocycles. The summed E-state index contributed by atoms with van der Waals surface area (Å²) >= 11 is 0. The zero-order valence-electron chi connectivity index (χ0n) is 16.6. The molecular weight excluding hydrogens is 364 g/mol. The van der Waals surface area contributed by atoms with Gasteiger partial charge in [0.05, 0.1) is 23.4 Å². The molecule has 0 unspecified atom stereocenters. The number of nitrogens with zero attached hydrogens (tertiary/aromatic N) is 3. The third kappa shape index (κ3) is 3.53. The lowest BCUT2D eigenvalue weighted by molar-refractivity contribution is 0.900. The summed E-state index contributed by atoms with van der Waals surface area (Å²) < 4.78 is 0. The Morgan fingerprint density at radius 3 is 2.66 bits per heavy atom. The van der Waals surface area contributed by atoms with E-state index in [9.17, 15) is 4.79 Å². The summed E-state index contributed by atoms with van der Waals surface area (Å²) in [6, 6.07) is 9.27. The first-order valence-corrected chi connectivity index (χ1v) is 9.05. The molecule has 7 nitrogen and oxygen atoms in total. The molecule has 1 aromatic heterocycles. The van der Waals surface area contributed by atoms with Crippen LogP contribution < -0.4 is 17.0 Å². The van der Waals surface area contributed by atoms with E-state index in [0.29, 0.717) is 33.4 Å². The largest absolute Gasteiger partial charge is 0.404 e. The van der Waals surface area contributed by atoms with E-state index in [-0.39, 0.29) is 12.1 Å². The van der Waals surface area contributed by atoms with Gasteiger partial charge in [0.1, 0.15) is 0 Å². The molecule has 29 heavy (non-hydrogen) atoms. The van der Waals surface area contributed by atoms with E-state index in [4.69, 9.17) is 18.0 Å². The normalized spacial score (nSPS) is 12.2. The number of H-pyrrole nitrogens is 1. The highest BCUT2D eigenvalue weighted by Gasteiger charge is 2.18. The zero-order valence-corrected chi connectivity index (χ0v) is 16.6. The first kappa shape index (κ1) is 20.0. The van der Waals surface area contributed by atoms with Gasteiger partial charge >= 0.3 is 0 Å². The Hall–Kier alpha value is -3.76. The summed E-state index contributed by atoms with van der Waals surface area (Å²) in [5.41, 5.74) is 17.3. The number of nitrogens with one attached hydrogen (secondary N) is 1. The first-order chi connectivity index (χ1) is 13.9. The van der Waals surface area contributed by atoms with E-state index in [2.05, 4.69) is 20.0 Å². The Kier molecular flexibility index (Phi) is 5.57. The molecule has 0 fully saturated rings. The molecule has 0 aliphatic rings. The van der Waals surface area contributed by atoms with Crippen molar-refractivity contribution in [2.24, 2.45) is 16.5 Å². The SMILES string of the molecule is [C-]#[N+]c1c(C)cc(C)cc1C(=NC)/C(=C\N)c1ccc2c(=O)[nH]nc(CN)c2c1.